The quantitative estimate of drug-likeness (QED) is 0.487. The number of aromatic nitrogens is 1. The van der Waals surface area contributed by atoms with E-state index in [1.807, 2.05) is 30.3 Å². The lowest BCUT2D eigenvalue weighted by Gasteiger charge is -2.33. The molecule has 0 saturated carbocycles. The van der Waals surface area contributed by atoms with Crippen LogP contribution in [0.2, 0.25) is 0 Å². The summed E-state index contributed by atoms with van der Waals surface area (Å²) < 4.78 is 31.9. The van der Waals surface area contributed by atoms with Gasteiger partial charge in [-0.2, -0.15) is 9.57 Å². The highest BCUT2D eigenvalue weighted by molar-refractivity contribution is 7.88. The monoisotopic (exact) mass is 519 g/mol. The molecule has 1 aromatic heterocycles. The van der Waals surface area contributed by atoms with Gasteiger partial charge in [0, 0.05) is 51.2 Å². The molecule has 0 amide bonds. The minimum absolute atomic E-state index is 0.135. The van der Waals surface area contributed by atoms with Crippen molar-refractivity contribution >= 4 is 44.8 Å². The number of carbonyl (C=O) groups is 1. The molecule has 0 unspecified atom stereocenters. The summed E-state index contributed by atoms with van der Waals surface area (Å²) in [6, 6.07) is 9.61. The Morgan fingerprint density at radius 2 is 1.97 bits per heavy atom. The molecule has 1 N–H and O–H groups in total. The van der Waals surface area contributed by atoms with Crippen LogP contribution >= 0.6 is 11.3 Å². The van der Waals surface area contributed by atoms with Gasteiger partial charge in [0.2, 0.25) is 10.0 Å². The van der Waals surface area contributed by atoms with E-state index in [1.54, 1.807) is 20.0 Å². The van der Waals surface area contributed by atoms with Crippen molar-refractivity contribution in [2.24, 2.45) is 0 Å². The Kier molecular flexibility index (Phi) is 8.85. The Labute approximate surface area is 208 Å². The Balaban J connectivity index is 1.80. The first-order valence-electron chi connectivity index (χ1n) is 11.2. The summed E-state index contributed by atoms with van der Waals surface area (Å²) >= 11 is 1.06. The molecule has 2 aromatic rings. The number of esters is 1. The van der Waals surface area contributed by atoms with Gasteiger partial charge in [0.15, 0.2) is 5.57 Å². The standard InChI is InChI=1S/C23H29N5O5S2/c1-4-28-21(29)20(34-22(28)19(14-24)23(30)33-5-2)15-25-18-8-6-7-17(13-18)16-26-9-11-27(12-10-26)35(3,31)32/h6-8,13,15,25H,4-5,9-12,16H2,1-3H3/b20-15-,22-19-. The van der Waals surface area contributed by atoms with Crippen LogP contribution in [0.4, 0.5) is 5.69 Å². The lowest BCUT2D eigenvalue weighted by atomic mass is 10.2. The molecule has 1 aliphatic heterocycles. The number of ether oxygens (including phenoxy) is 1. The third-order valence-electron chi connectivity index (χ3n) is 5.53. The van der Waals surface area contributed by atoms with Crippen molar-refractivity contribution in [2.45, 2.75) is 26.9 Å². The molecular formula is C23H29N5O5S2. The van der Waals surface area contributed by atoms with Gasteiger partial charge in [-0.3, -0.25) is 14.3 Å². The smallest absolute Gasteiger partial charge is 0.351 e. The van der Waals surface area contributed by atoms with Crippen molar-refractivity contribution in [3.8, 4) is 6.07 Å². The Morgan fingerprint density at radius 1 is 1.26 bits per heavy atom. The van der Waals surface area contributed by atoms with Crippen LogP contribution in [-0.4, -0.2) is 67.2 Å². The number of nitrogens with zero attached hydrogens (tertiary/aromatic N) is 4. The molecule has 0 radical (unpaired) electrons. The zero-order valence-corrected chi connectivity index (χ0v) is 21.6. The topological polar surface area (TPSA) is 125 Å². The number of sulfonamides is 1. The first-order valence-corrected chi connectivity index (χ1v) is 13.9. The molecule has 188 valence electrons. The molecule has 1 fully saturated rings. The molecule has 2 heterocycles. The molecule has 35 heavy (non-hydrogen) atoms. The largest absolute Gasteiger partial charge is 0.462 e. The van der Waals surface area contributed by atoms with E-state index in [0.29, 0.717) is 43.8 Å². The summed E-state index contributed by atoms with van der Waals surface area (Å²) in [5, 5.41) is 12.6. The third-order valence-corrected chi connectivity index (χ3v) is 7.97. The number of rotatable bonds is 8. The number of benzene rings is 1. The van der Waals surface area contributed by atoms with Crippen molar-refractivity contribution in [3.05, 3.63) is 49.4 Å². The van der Waals surface area contributed by atoms with Crippen LogP contribution in [0.3, 0.4) is 0 Å². The summed E-state index contributed by atoms with van der Waals surface area (Å²) in [7, 11) is -3.16. The van der Waals surface area contributed by atoms with E-state index in [0.717, 1.165) is 22.6 Å². The van der Waals surface area contributed by atoms with Gasteiger partial charge in [0.25, 0.3) is 5.56 Å². The molecule has 1 aliphatic rings. The normalized spacial score (nSPS) is 16.6. The number of nitriles is 1. The molecule has 1 aromatic carbocycles. The van der Waals surface area contributed by atoms with Crippen LogP contribution in [0.1, 0.15) is 19.4 Å². The van der Waals surface area contributed by atoms with Crippen LogP contribution in [0.5, 0.6) is 0 Å². The van der Waals surface area contributed by atoms with E-state index in [4.69, 9.17) is 4.74 Å². The highest BCUT2D eigenvalue weighted by atomic mass is 32.2. The van der Waals surface area contributed by atoms with Gasteiger partial charge in [-0.05, 0) is 31.5 Å². The average molecular weight is 520 g/mol. The predicted octanol–water partition coefficient (Wildman–Crippen LogP) is 0.0944. The van der Waals surface area contributed by atoms with Crippen LogP contribution < -0.4 is 20.1 Å². The first kappa shape index (κ1) is 26.6. The van der Waals surface area contributed by atoms with Crippen LogP contribution in [-0.2, 0) is 32.6 Å². The molecule has 12 heteroatoms. The summed E-state index contributed by atoms with van der Waals surface area (Å²) in [4.78, 5) is 27.2. The van der Waals surface area contributed by atoms with Gasteiger partial charge in [-0.15, -0.1) is 11.3 Å². The summed E-state index contributed by atoms with van der Waals surface area (Å²) in [5.41, 5.74) is 1.35. The molecule has 1 saturated heterocycles. The molecule has 10 nitrogen and oxygen atoms in total. The second-order valence-electron chi connectivity index (χ2n) is 7.96. The van der Waals surface area contributed by atoms with E-state index >= 15 is 0 Å². The predicted molar refractivity (Wildman–Crippen MR) is 135 cm³/mol. The van der Waals surface area contributed by atoms with Gasteiger partial charge in [0.1, 0.15) is 15.3 Å². The van der Waals surface area contributed by atoms with Crippen molar-refractivity contribution < 1.29 is 17.9 Å². The number of nitrogens with one attached hydrogen (secondary N) is 1. The van der Waals surface area contributed by atoms with Gasteiger partial charge < -0.3 is 10.1 Å². The number of anilines is 1. The van der Waals surface area contributed by atoms with Crippen LogP contribution in [0, 0.1) is 11.3 Å². The number of hydrogen-bond acceptors (Lipinski definition) is 9. The van der Waals surface area contributed by atoms with Crippen LogP contribution in [0.25, 0.3) is 11.8 Å². The number of carbonyl (C=O) groups excluding carboxylic acids is 1. The van der Waals surface area contributed by atoms with E-state index in [1.165, 1.54) is 15.1 Å². The van der Waals surface area contributed by atoms with Crippen molar-refractivity contribution in [1.29, 1.82) is 5.26 Å². The van der Waals surface area contributed by atoms with Crippen LogP contribution in [0.15, 0.2) is 29.1 Å². The number of hydrogen-bond donors (Lipinski definition) is 1. The molecule has 3 rings (SSSR count). The van der Waals surface area contributed by atoms with E-state index in [2.05, 4.69) is 10.2 Å². The van der Waals surface area contributed by atoms with Gasteiger partial charge in [0.05, 0.1) is 12.9 Å². The number of thiazole rings is 1. The summed E-state index contributed by atoms with van der Waals surface area (Å²) in [6.45, 7) is 6.81. The fraction of sp³-hybridized carbons (Fsp3) is 0.435. The summed E-state index contributed by atoms with van der Waals surface area (Å²) in [6.07, 6.45) is 2.81. The number of piperazine rings is 1. The maximum Gasteiger partial charge on any atom is 0.351 e. The minimum atomic E-state index is -3.16. The highest BCUT2D eigenvalue weighted by Crippen LogP contribution is 2.15. The molecular weight excluding hydrogens is 490 g/mol. The third kappa shape index (κ3) is 6.58. The molecule has 0 atom stereocenters. The van der Waals surface area contributed by atoms with Gasteiger partial charge in [-0.25, -0.2) is 13.2 Å². The fourth-order valence-corrected chi connectivity index (χ4v) is 5.67. The second-order valence-corrected chi connectivity index (χ2v) is 11.0. The fourth-order valence-electron chi connectivity index (χ4n) is 3.76. The summed E-state index contributed by atoms with van der Waals surface area (Å²) in [5.74, 6) is -0.747. The van der Waals surface area contributed by atoms with Gasteiger partial charge >= 0.3 is 5.97 Å². The zero-order chi connectivity index (χ0) is 25.6. The minimum Gasteiger partial charge on any atom is -0.462 e. The highest BCUT2D eigenvalue weighted by Gasteiger charge is 2.23. The first-order chi connectivity index (χ1) is 16.7. The SMILES string of the molecule is CCOC(=O)/C(C#N)=c1\s/c(=C\Nc2cccc(CN3CCN(S(C)(=O)=O)CC3)c2)c(=O)n1CC. The lowest BCUT2D eigenvalue weighted by molar-refractivity contribution is -0.136. The second kappa shape index (κ2) is 11.6. The van der Waals surface area contributed by atoms with E-state index in [9.17, 15) is 23.3 Å². The maximum absolute atomic E-state index is 12.8. The van der Waals surface area contributed by atoms with Crippen molar-refractivity contribution in [2.75, 3.05) is 44.4 Å². The Morgan fingerprint density at radius 3 is 2.57 bits per heavy atom. The Hall–Kier alpha value is -2.98. The zero-order valence-electron chi connectivity index (χ0n) is 20.0. The molecule has 0 bridgehead atoms. The van der Waals surface area contributed by atoms with Gasteiger partial charge in [-0.1, -0.05) is 12.1 Å². The van der Waals surface area contributed by atoms with Crippen molar-refractivity contribution in [1.82, 2.24) is 13.8 Å². The van der Waals surface area contributed by atoms with E-state index < -0.39 is 16.0 Å². The lowest BCUT2D eigenvalue weighted by Crippen LogP contribution is -2.47. The molecule has 0 aliphatic carbocycles. The van der Waals surface area contributed by atoms with E-state index in [-0.39, 0.29) is 22.4 Å². The molecule has 0 spiro atoms. The maximum atomic E-state index is 12.8. The Bertz CT molecular complexity index is 1400. The van der Waals surface area contributed by atoms with Crippen molar-refractivity contribution in [3.63, 3.8) is 0 Å². The average Bonchev–Trinajstić information content (AvgIpc) is 3.13.